The first-order chi connectivity index (χ1) is 13.9. The summed E-state index contributed by atoms with van der Waals surface area (Å²) in [5.41, 5.74) is 1.07. The molecule has 0 radical (unpaired) electrons. The minimum absolute atomic E-state index is 0.208. The number of sulfonamides is 1. The number of carbonyl (C=O) groups is 1. The number of morpholine rings is 1. The van der Waals surface area contributed by atoms with Crippen LogP contribution < -0.4 is 5.32 Å². The van der Waals surface area contributed by atoms with E-state index >= 15 is 0 Å². The number of nitrogens with zero attached hydrogens (tertiary/aromatic N) is 1. The summed E-state index contributed by atoms with van der Waals surface area (Å²) < 4.78 is 32.9. The van der Waals surface area contributed by atoms with E-state index in [9.17, 15) is 18.3 Å². The van der Waals surface area contributed by atoms with Crippen molar-refractivity contribution in [3.05, 3.63) is 29.3 Å². The van der Waals surface area contributed by atoms with Crippen molar-refractivity contribution in [1.29, 1.82) is 0 Å². The van der Waals surface area contributed by atoms with Crippen molar-refractivity contribution in [2.75, 3.05) is 32.8 Å². The van der Waals surface area contributed by atoms with Crippen LogP contribution in [-0.4, -0.2) is 62.7 Å². The van der Waals surface area contributed by atoms with Crippen molar-refractivity contribution in [3.8, 4) is 0 Å². The Morgan fingerprint density at radius 1 is 1.28 bits per heavy atom. The van der Waals surface area contributed by atoms with Crippen LogP contribution in [0.2, 0.25) is 0 Å². The average Bonchev–Trinajstić information content (AvgIpc) is 3.15. The van der Waals surface area contributed by atoms with Gasteiger partial charge in [-0.1, -0.05) is 19.4 Å². The van der Waals surface area contributed by atoms with E-state index in [1.165, 1.54) is 10.4 Å². The Kier molecular flexibility index (Phi) is 7.67. The molecule has 0 bridgehead atoms. The van der Waals surface area contributed by atoms with Gasteiger partial charge < -0.3 is 15.2 Å². The Bertz CT molecular complexity index is 805. The minimum atomic E-state index is -3.66. The zero-order chi connectivity index (χ0) is 20.9. The first kappa shape index (κ1) is 22.2. The zero-order valence-electron chi connectivity index (χ0n) is 17.1. The van der Waals surface area contributed by atoms with Crippen LogP contribution in [0.1, 0.15) is 54.9 Å². The zero-order valence-corrected chi connectivity index (χ0v) is 17.9. The summed E-state index contributed by atoms with van der Waals surface area (Å²) in [6.45, 7) is 3.85. The van der Waals surface area contributed by atoms with Gasteiger partial charge in [0.1, 0.15) is 0 Å². The lowest BCUT2D eigenvalue weighted by Gasteiger charge is -2.27. The van der Waals surface area contributed by atoms with E-state index < -0.39 is 10.0 Å². The summed E-state index contributed by atoms with van der Waals surface area (Å²) in [6, 6.07) is 4.92. The van der Waals surface area contributed by atoms with Crippen molar-refractivity contribution in [2.24, 2.45) is 5.92 Å². The molecule has 1 saturated heterocycles. The van der Waals surface area contributed by atoms with Gasteiger partial charge in [0.05, 0.1) is 24.2 Å². The predicted octanol–water partition coefficient (Wildman–Crippen LogP) is 1.94. The number of carbonyl (C=O) groups excluding carboxylic acids is 1. The van der Waals surface area contributed by atoms with Gasteiger partial charge in [0.25, 0.3) is 5.91 Å². The summed E-state index contributed by atoms with van der Waals surface area (Å²) in [5, 5.41) is 12.8. The SMILES string of the molecule is CCc1ccc(C(=O)NCCCC2CCCC2O)cc1S(=O)(=O)N1CCOCC1. The molecule has 2 fully saturated rings. The topological polar surface area (TPSA) is 95.9 Å². The number of rotatable bonds is 8. The van der Waals surface area contributed by atoms with E-state index in [2.05, 4.69) is 5.32 Å². The molecular formula is C21H32N2O5S. The number of aryl methyl sites for hydroxylation is 1. The first-order valence-corrected chi connectivity index (χ1v) is 12.0. The molecule has 2 aliphatic rings. The van der Waals surface area contributed by atoms with E-state index in [1.54, 1.807) is 12.1 Å². The van der Waals surface area contributed by atoms with E-state index in [4.69, 9.17) is 4.74 Å². The van der Waals surface area contributed by atoms with Gasteiger partial charge in [-0.2, -0.15) is 4.31 Å². The number of aliphatic hydroxyl groups excluding tert-OH is 1. The fourth-order valence-electron chi connectivity index (χ4n) is 4.18. The third-order valence-corrected chi connectivity index (χ3v) is 7.94. The maximum atomic E-state index is 13.1. The van der Waals surface area contributed by atoms with Crippen LogP contribution in [0.4, 0.5) is 0 Å². The number of benzene rings is 1. The molecule has 2 N–H and O–H groups in total. The maximum Gasteiger partial charge on any atom is 0.251 e. The van der Waals surface area contributed by atoms with E-state index in [0.29, 0.717) is 56.3 Å². The molecule has 3 rings (SSSR count). The van der Waals surface area contributed by atoms with Crippen LogP contribution in [-0.2, 0) is 21.2 Å². The molecule has 1 aromatic rings. The second-order valence-corrected chi connectivity index (χ2v) is 9.76. The van der Waals surface area contributed by atoms with Gasteiger partial charge in [0.15, 0.2) is 0 Å². The number of amides is 1. The van der Waals surface area contributed by atoms with Crippen molar-refractivity contribution < 1.29 is 23.1 Å². The highest BCUT2D eigenvalue weighted by molar-refractivity contribution is 7.89. The molecule has 2 unspecified atom stereocenters. The fraction of sp³-hybridized carbons (Fsp3) is 0.667. The van der Waals surface area contributed by atoms with Crippen LogP contribution in [0, 0.1) is 5.92 Å². The Morgan fingerprint density at radius 2 is 2.03 bits per heavy atom. The quantitative estimate of drug-likeness (QED) is 0.622. The second-order valence-electron chi connectivity index (χ2n) is 7.85. The highest BCUT2D eigenvalue weighted by Crippen LogP contribution is 2.29. The van der Waals surface area contributed by atoms with Crippen LogP contribution in [0.15, 0.2) is 23.1 Å². The van der Waals surface area contributed by atoms with Crippen molar-refractivity contribution in [3.63, 3.8) is 0 Å². The number of hydrogen-bond donors (Lipinski definition) is 2. The number of aliphatic hydroxyl groups is 1. The van der Waals surface area contributed by atoms with Crippen LogP contribution in [0.5, 0.6) is 0 Å². The van der Waals surface area contributed by atoms with Gasteiger partial charge in [-0.05, 0) is 55.7 Å². The molecule has 2 atom stereocenters. The molecule has 1 aliphatic heterocycles. The predicted molar refractivity (Wildman–Crippen MR) is 110 cm³/mol. The highest BCUT2D eigenvalue weighted by Gasteiger charge is 2.29. The highest BCUT2D eigenvalue weighted by atomic mass is 32.2. The van der Waals surface area contributed by atoms with E-state index in [0.717, 1.165) is 32.1 Å². The molecule has 7 nitrogen and oxygen atoms in total. The number of ether oxygens (including phenoxy) is 1. The third kappa shape index (κ3) is 5.36. The Morgan fingerprint density at radius 3 is 2.69 bits per heavy atom. The minimum Gasteiger partial charge on any atom is -0.393 e. The molecule has 29 heavy (non-hydrogen) atoms. The Balaban J connectivity index is 1.65. The summed E-state index contributed by atoms with van der Waals surface area (Å²) in [7, 11) is -3.66. The standard InChI is InChI=1S/C21H32N2O5S/c1-2-16-8-9-18(15-20(16)29(26,27)23-11-13-28-14-12-23)21(25)22-10-4-6-17-5-3-7-19(17)24/h8-9,15,17,19,24H,2-7,10-14H2,1H3,(H,22,25). The van der Waals surface area contributed by atoms with Gasteiger partial charge in [0, 0.05) is 25.2 Å². The van der Waals surface area contributed by atoms with Gasteiger partial charge >= 0.3 is 0 Å². The van der Waals surface area contributed by atoms with Crippen LogP contribution >= 0.6 is 0 Å². The van der Waals surface area contributed by atoms with Crippen LogP contribution in [0.3, 0.4) is 0 Å². The lowest BCUT2D eigenvalue weighted by molar-refractivity contribution is 0.0730. The molecular weight excluding hydrogens is 392 g/mol. The normalized spacial score (nSPS) is 23.2. The fourth-order valence-corrected chi connectivity index (χ4v) is 5.90. The Hall–Kier alpha value is -1.48. The van der Waals surface area contributed by atoms with E-state index in [-0.39, 0.29) is 16.9 Å². The summed E-state index contributed by atoms with van der Waals surface area (Å²) in [5.74, 6) is 0.0686. The van der Waals surface area contributed by atoms with Gasteiger partial charge in [-0.3, -0.25) is 4.79 Å². The molecule has 0 aromatic heterocycles. The summed E-state index contributed by atoms with van der Waals surface area (Å²) in [6.07, 6.45) is 5.07. The molecule has 0 spiro atoms. The Labute approximate surface area is 173 Å². The van der Waals surface area contributed by atoms with Crippen LogP contribution in [0.25, 0.3) is 0 Å². The van der Waals surface area contributed by atoms with Gasteiger partial charge in [-0.25, -0.2) is 8.42 Å². The monoisotopic (exact) mass is 424 g/mol. The number of hydrogen-bond acceptors (Lipinski definition) is 5. The number of nitrogens with one attached hydrogen (secondary N) is 1. The molecule has 8 heteroatoms. The van der Waals surface area contributed by atoms with Crippen molar-refractivity contribution >= 4 is 15.9 Å². The molecule has 1 amide bonds. The molecule has 1 aromatic carbocycles. The summed E-state index contributed by atoms with van der Waals surface area (Å²) >= 11 is 0. The van der Waals surface area contributed by atoms with Crippen molar-refractivity contribution in [1.82, 2.24) is 9.62 Å². The maximum absolute atomic E-state index is 13.1. The van der Waals surface area contributed by atoms with Crippen molar-refractivity contribution in [2.45, 2.75) is 56.4 Å². The first-order valence-electron chi connectivity index (χ1n) is 10.6. The largest absolute Gasteiger partial charge is 0.393 e. The average molecular weight is 425 g/mol. The molecule has 1 heterocycles. The molecule has 1 aliphatic carbocycles. The van der Waals surface area contributed by atoms with Gasteiger partial charge in [0.2, 0.25) is 10.0 Å². The molecule has 162 valence electrons. The second kappa shape index (κ2) is 10.0. The van der Waals surface area contributed by atoms with E-state index in [1.807, 2.05) is 6.92 Å². The summed E-state index contributed by atoms with van der Waals surface area (Å²) in [4.78, 5) is 12.8. The lowest BCUT2D eigenvalue weighted by atomic mass is 10.00. The third-order valence-electron chi connectivity index (χ3n) is 5.95. The lowest BCUT2D eigenvalue weighted by Crippen LogP contribution is -2.41. The molecule has 1 saturated carbocycles. The smallest absolute Gasteiger partial charge is 0.251 e. The van der Waals surface area contributed by atoms with Gasteiger partial charge in [-0.15, -0.1) is 0 Å².